The van der Waals surface area contributed by atoms with Gasteiger partial charge in [-0.15, -0.1) is 11.3 Å². The predicted molar refractivity (Wildman–Crippen MR) is 97.1 cm³/mol. The van der Waals surface area contributed by atoms with Crippen LogP contribution in [0.5, 0.6) is 11.5 Å². The van der Waals surface area contributed by atoms with E-state index in [0.717, 1.165) is 16.9 Å². The maximum atomic E-state index is 12.8. The average Bonchev–Trinajstić information content (AvgIpc) is 3.32. The first-order chi connectivity index (χ1) is 12.4. The van der Waals surface area contributed by atoms with Gasteiger partial charge in [-0.25, -0.2) is 16.8 Å². The van der Waals surface area contributed by atoms with Crippen molar-refractivity contribution >= 4 is 31.0 Å². The van der Waals surface area contributed by atoms with Crippen molar-refractivity contribution in [1.29, 1.82) is 0 Å². The van der Waals surface area contributed by atoms with Crippen LogP contribution in [0.3, 0.4) is 0 Å². The Hall–Kier alpha value is -1.62. The molecule has 0 bridgehead atoms. The van der Waals surface area contributed by atoms with Gasteiger partial charge in [-0.3, -0.25) is 0 Å². The van der Waals surface area contributed by atoms with Crippen LogP contribution in [-0.4, -0.2) is 46.4 Å². The van der Waals surface area contributed by atoms with Gasteiger partial charge in [0.25, 0.3) is 0 Å². The van der Waals surface area contributed by atoms with Gasteiger partial charge in [-0.05, 0) is 29.1 Å². The third-order valence-corrected chi connectivity index (χ3v) is 10.1. The van der Waals surface area contributed by atoms with Crippen molar-refractivity contribution in [3.63, 3.8) is 0 Å². The highest BCUT2D eigenvalue weighted by Gasteiger charge is 2.45. The zero-order valence-corrected chi connectivity index (χ0v) is 16.1. The van der Waals surface area contributed by atoms with Crippen molar-refractivity contribution in [3.05, 3.63) is 41.3 Å². The summed E-state index contributed by atoms with van der Waals surface area (Å²) in [6.45, 7) is 0.515. The Balaban J connectivity index is 1.54. The molecule has 7 nitrogen and oxygen atoms in total. The lowest BCUT2D eigenvalue weighted by Gasteiger charge is -2.19. The Labute approximate surface area is 155 Å². The molecule has 2 atom stereocenters. The molecule has 1 aromatic carbocycles. The fourth-order valence-electron chi connectivity index (χ4n) is 3.19. The lowest BCUT2D eigenvalue weighted by Crippen LogP contribution is -2.42. The SMILES string of the molecule is O=S1(=O)CC(NCc2ccc3c(c2)OCO3)C(S(=O)(=O)c2cccs2)C1. The van der Waals surface area contributed by atoms with Gasteiger partial charge in [-0.2, -0.15) is 0 Å². The summed E-state index contributed by atoms with van der Waals surface area (Å²) < 4.78 is 60.6. The number of thiophene rings is 1. The zero-order chi connectivity index (χ0) is 18.4. The number of benzene rings is 1. The summed E-state index contributed by atoms with van der Waals surface area (Å²) >= 11 is 1.11. The Kier molecular flexibility index (Phi) is 4.46. The van der Waals surface area contributed by atoms with Gasteiger partial charge in [0.1, 0.15) is 4.21 Å². The van der Waals surface area contributed by atoms with Gasteiger partial charge in [0, 0.05) is 12.6 Å². The molecular formula is C16H17NO6S3. The molecule has 140 valence electrons. The van der Waals surface area contributed by atoms with Crippen molar-refractivity contribution in [2.75, 3.05) is 18.3 Å². The Morgan fingerprint density at radius 3 is 2.73 bits per heavy atom. The van der Waals surface area contributed by atoms with Gasteiger partial charge in [0.05, 0.1) is 16.8 Å². The normalized spacial score (nSPS) is 24.0. The van der Waals surface area contributed by atoms with E-state index in [-0.39, 0.29) is 22.5 Å². The lowest BCUT2D eigenvalue weighted by atomic mass is 10.2. The van der Waals surface area contributed by atoms with E-state index in [0.29, 0.717) is 18.0 Å². The highest BCUT2D eigenvalue weighted by atomic mass is 32.2. The molecule has 26 heavy (non-hydrogen) atoms. The van der Waals surface area contributed by atoms with Crippen molar-refractivity contribution in [1.82, 2.24) is 5.32 Å². The maximum Gasteiger partial charge on any atom is 0.231 e. The molecule has 4 rings (SSSR count). The van der Waals surface area contributed by atoms with Gasteiger partial charge >= 0.3 is 0 Å². The lowest BCUT2D eigenvalue weighted by molar-refractivity contribution is 0.174. The van der Waals surface area contributed by atoms with Crippen molar-refractivity contribution in [2.24, 2.45) is 0 Å². The minimum atomic E-state index is -3.70. The minimum absolute atomic E-state index is 0.175. The first-order valence-electron chi connectivity index (χ1n) is 7.95. The van der Waals surface area contributed by atoms with Crippen LogP contribution in [0.2, 0.25) is 0 Å². The molecular weight excluding hydrogens is 398 g/mol. The van der Waals surface area contributed by atoms with E-state index in [2.05, 4.69) is 5.32 Å². The largest absolute Gasteiger partial charge is 0.454 e. The summed E-state index contributed by atoms with van der Waals surface area (Å²) in [5.74, 6) is 0.750. The molecule has 2 aliphatic rings. The summed E-state index contributed by atoms with van der Waals surface area (Å²) in [6.07, 6.45) is 0. The van der Waals surface area contributed by atoms with E-state index in [4.69, 9.17) is 9.47 Å². The van der Waals surface area contributed by atoms with Crippen LogP contribution >= 0.6 is 11.3 Å². The summed E-state index contributed by atoms with van der Waals surface area (Å²) in [4.78, 5) is 0. The molecule has 2 unspecified atom stereocenters. The number of ether oxygens (including phenoxy) is 2. The van der Waals surface area contributed by atoms with Crippen LogP contribution in [0.4, 0.5) is 0 Å². The second-order valence-corrected chi connectivity index (χ2v) is 11.8. The second-order valence-electron chi connectivity index (χ2n) is 6.27. The van der Waals surface area contributed by atoms with Gasteiger partial charge in [0.15, 0.2) is 31.2 Å². The first-order valence-corrected chi connectivity index (χ1v) is 12.2. The highest BCUT2D eigenvalue weighted by molar-refractivity contribution is 7.97. The van der Waals surface area contributed by atoms with Gasteiger partial charge < -0.3 is 14.8 Å². The fourth-order valence-corrected chi connectivity index (χ4v) is 9.13. The average molecular weight is 416 g/mol. The molecule has 0 radical (unpaired) electrons. The van der Waals surface area contributed by atoms with Crippen molar-refractivity contribution in [3.8, 4) is 11.5 Å². The van der Waals surface area contributed by atoms with Crippen LogP contribution in [-0.2, 0) is 26.2 Å². The van der Waals surface area contributed by atoms with Crippen LogP contribution in [0, 0.1) is 0 Å². The molecule has 10 heteroatoms. The summed E-state index contributed by atoms with van der Waals surface area (Å²) in [7, 11) is -7.11. The minimum Gasteiger partial charge on any atom is -0.454 e. The van der Waals surface area contributed by atoms with Crippen LogP contribution in [0.15, 0.2) is 39.9 Å². The Morgan fingerprint density at radius 1 is 1.15 bits per heavy atom. The fraction of sp³-hybridized carbons (Fsp3) is 0.375. The molecule has 0 saturated carbocycles. The standard InChI is InChI=1S/C16H17NO6S3/c18-25(19)8-12(15(9-25)26(20,21)16-2-1-5-24-16)17-7-11-3-4-13-14(6-11)23-10-22-13/h1-6,12,15,17H,7-10H2. The zero-order valence-electron chi connectivity index (χ0n) is 13.6. The topological polar surface area (TPSA) is 98.8 Å². The number of rotatable bonds is 5. The molecule has 2 aromatic rings. The van der Waals surface area contributed by atoms with Crippen LogP contribution in [0.1, 0.15) is 5.56 Å². The first kappa shape index (κ1) is 17.8. The highest BCUT2D eigenvalue weighted by Crippen LogP contribution is 2.33. The molecule has 0 aliphatic carbocycles. The van der Waals surface area contributed by atoms with Crippen LogP contribution < -0.4 is 14.8 Å². The second kappa shape index (κ2) is 6.52. The molecule has 1 N–H and O–H groups in total. The van der Waals surface area contributed by atoms with Crippen molar-refractivity contribution < 1.29 is 26.3 Å². The number of hydrogen-bond acceptors (Lipinski definition) is 8. The van der Waals surface area contributed by atoms with E-state index in [1.54, 1.807) is 17.5 Å². The summed E-state index contributed by atoms with van der Waals surface area (Å²) in [5.41, 5.74) is 0.866. The molecule has 1 fully saturated rings. The Bertz CT molecular complexity index is 1010. The number of hydrogen-bond donors (Lipinski definition) is 1. The Morgan fingerprint density at radius 2 is 1.96 bits per heavy atom. The molecule has 1 saturated heterocycles. The third-order valence-electron chi connectivity index (χ3n) is 4.48. The molecule has 1 aromatic heterocycles. The predicted octanol–water partition coefficient (Wildman–Crippen LogP) is 1.21. The molecule has 3 heterocycles. The number of sulfone groups is 2. The van der Waals surface area contributed by atoms with E-state index in [9.17, 15) is 16.8 Å². The van der Waals surface area contributed by atoms with E-state index in [1.165, 1.54) is 6.07 Å². The third kappa shape index (κ3) is 3.34. The van der Waals surface area contributed by atoms with Crippen LogP contribution in [0.25, 0.3) is 0 Å². The maximum absolute atomic E-state index is 12.8. The van der Waals surface area contributed by atoms with E-state index in [1.807, 2.05) is 12.1 Å². The van der Waals surface area contributed by atoms with Gasteiger partial charge in [0.2, 0.25) is 6.79 Å². The summed E-state index contributed by atoms with van der Waals surface area (Å²) in [5, 5.41) is 3.80. The smallest absolute Gasteiger partial charge is 0.231 e. The summed E-state index contributed by atoms with van der Waals surface area (Å²) in [6, 6.07) is 7.94. The molecule has 2 aliphatic heterocycles. The molecule has 0 spiro atoms. The van der Waals surface area contributed by atoms with E-state index < -0.39 is 31.0 Å². The van der Waals surface area contributed by atoms with Crippen molar-refractivity contribution in [2.45, 2.75) is 22.0 Å². The number of nitrogens with one attached hydrogen (secondary N) is 1. The quantitative estimate of drug-likeness (QED) is 0.784. The monoisotopic (exact) mass is 415 g/mol. The van der Waals surface area contributed by atoms with Gasteiger partial charge in [-0.1, -0.05) is 12.1 Å². The molecule has 0 amide bonds. The number of fused-ring (bicyclic) bond motifs is 1. The van der Waals surface area contributed by atoms with E-state index >= 15 is 0 Å².